The molecule has 2 aromatic carbocycles. The highest BCUT2D eigenvalue weighted by Crippen LogP contribution is 2.26. The Morgan fingerprint density at radius 2 is 1.71 bits per heavy atom. The van der Waals surface area contributed by atoms with Crippen LogP contribution in [0.5, 0.6) is 11.5 Å². The molecular weight excluding hydrogens is 322 g/mol. The first-order valence-electron chi connectivity index (χ1n) is 7.46. The zero-order valence-electron chi connectivity index (χ0n) is 13.7. The fraction of sp³-hybridized carbons (Fsp3) is 0.158. The highest BCUT2D eigenvalue weighted by atomic mass is 32.1. The number of methoxy groups -OCH3 is 1. The van der Waals surface area contributed by atoms with Gasteiger partial charge in [-0.15, -0.1) is 11.3 Å². The summed E-state index contributed by atoms with van der Waals surface area (Å²) in [5, 5.41) is 2.48. The van der Waals surface area contributed by atoms with Gasteiger partial charge in [-0.3, -0.25) is 0 Å². The van der Waals surface area contributed by atoms with Crippen molar-refractivity contribution < 1.29 is 14.3 Å². The van der Waals surface area contributed by atoms with E-state index in [1.807, 2.05) is 50.2 Å². The maximum atomic E-state index is 12.3. The Kier molecular flexibility index (Phi) is 4.62. The zero-order chi connectivity index (χ0) is 17.1. The molecule has 5 heteroatoms. The van der Waals surface area contributed by atoms with Crippen molar-refractivity contribution in [2.75, 3.05) is 7.11 Å². The number of hydrogen-bond donors (Lipinski definition) is 0. The summed E-state index contributed by atoms with van der Waals surface area (Å²) in [6.45, 7) is 4.00. The molecule has 0 bridgehead atoms. The Balaban J connectivity index is 1.76. The van der Waals surface area contributed by atoms with Gasteiger partial charge in [-0.1, -0.05) is 6.07 Å². The number of nitrogens with zero attached hydrogens (tertiary/aromatic N) is 1. The Labute approximate surface area is 144 Å². The summed E-state index contributed by atoms with van der Waals surface area (Å²) in [7, 11) is 1.62. The molecule has 0 spiro atoms. The first-order valence-corrected chi connectivity index (χ1v) is 8.34. The summed E-state index contributed by atoms with van der Waals surface area (Å²) >= 11 is 1.41. The lowest BCUT2D eigenvalue weighted by Gasteiger charge is -2.05. The summed E-state index contributed by atoms with van der Waals surface area (Å²) in [6.07, 6.45) is 0. The van der Waals surface area contributed by atoms with Gasteiger partial charge in [0, 0.05) is 10.9 Å². The van der Waals surface area contributed by atoms with E-state index in [1.165, 1.54) is 11.3 Å². The molecule has 3 rings (SSSR count). The van der Waals surface area contributed by atoms with Crippen LogP contribution in [-0.4, -0.2) is 18.1 Å². The van der Waals surface area contributed by atoms with Crippen LogP contribution < -0.4 is 9.47 Å². The number of carbonyl (C=O) groups excluding carboxylic acids is 1. The van der Waals surface area contributed by atoms with Gasteiger partial charge in [0.2, 0.25) is 0 Å². The fourth-order valence-electron chi connectivity index (χ4n) is 2.17. The predicted octanol–water partition coefficient (Wildman–Crippen LogP) is 4.65. The molecule has 4 nitrogen and oxygen atoms in total. The molecule has 0 fully saturated rings. The second-order valence-corrected chi connectivity index (χ2v) is 6.26. The van der Waals surface area contributed by atoms with Gasteiger partial charge in [0.1, 0.15) is 16.5 Å². The molecule has 0 saturated heterocycles. The Hall–Kier alpha value is -2.66. The minimum absolute atomic E-state index is 0.309. The molecule has 0 amide bonds. The molecule has 1 heterocycles. The molecule has 0 N–H and O–H groups in total. The first kappa shape index (κ1) is 16.2. The van der Waals surface area contributed by atoms with Gasteiger partial charge < -0.3 is 9.47 Å². The van der Waals surface area contributed by atoms with Crippen LogP contribution in [0, 0.1) is 13.8 Å². The smallest absolute Gasteiger partial charge is 0.363 e. The lowest BCUT2D eigenvalue weighted by molar-refractivity contribution is 0.0729. The van der Waals surface area contributed by atoms with Gasteiger partial charge in [0.15, 0.2) is 5.69 Å². The molecule has 0 unspecified atom stereocenters. The predicted molar refractivity (Wildman–Crippen MR) is 95.0 cm³/mol. The van der Waals surface area contributed by atoms with Crippen molar-refractivity contribution in [2.24, 2.45) is 0 Å². The summed E-state index contributed by atoms with van der Waals surface area (Å²) in [6, 6.07) is 13.1. The molecule has 0 atom stereocenters. The highest BCUT2D eigenvalue weighted by Gasteiger charge is 2.14. The molecule has 0 aliphatic rings. The minimum Gasteiger partial charge on any atom is -0.497 e. The van der Waals surface area contributed by atoms with Crippen molar-refractivity contribution in [1.29, 1.82) is 0 Å². The quantitative estimate of drug-likeness (QED) is 0.512. The maximum Gasteiger partial charge on any atom is 0.363 e. The SMILES string of the molecule is COc1ccc(-c2nc(C(=O)Oc3ccc(C)c(C)c3)cs2)cc1. The van der Waals surface area contributed by atoms with Crippen molar-refractivity contribution in [3.05, 3.63) is 64.7 Å². The number of benzene rings is 2. The largest absolute Gasteiger partial charge is 0.497 e. The number of rotatable bonds is 4. The number of hydrogen-bond acceptors (Lipinski definition) is 5. The molecule has 122 valence electrons. The van der Waals surface area contributed by atoms with Gasteiger partial charge in [-0.05, 0) is 61.4 Å². The van der Waals surface area contributed by atoms with Gasteiger partial charge >= 0.3 is 5.97 Å². The van der Waals surface area contributed by atoms with E-state index >= 15 is 0 Å². The Bertz CT molecular complexity index is 869. The second-order valence-electron chi connectivity index (χ2n) is 5.40. The maximum absolute atomic E-state index is 12.3. The van der Waals surface area contributed by atoms with Crippen molar-refractivity contribution in [3.63, 3.8) is 0 Å². The average Bonchev–Trinajstić information content (AvgIpc) is 3.08. The van der Waals surface area contributed by atoms with E-state index in [1.54, 1.807) is 18.6 Å². The molecule has 1 aromatic heterocycles. The number of aryl methyl sites for hydroxylation is 2. The normalized spacial score (nSPS) is 10.5. The van der Waals surface area contributed by atoms with E-state index in [4.69, 9.17) is 9.47 Å². The van der Waals surface area contributed by atoms with Crippen LogP contribution in [0.3, 0.4) is 0 Å². The second kappa shape index (κ2) is 6.84. The minimum atomic E-state index is -0.450. The highest BCUT2D eigenvalue weighted by molar-refractivity contribution is 7.13. The summed E-state index contributed by atoms with van der Waals surface area (Å²) in [5.74, 6) is 0.862. The van der Waals surface area contributed by atoms with E-state index in [9.17, 15) is 4.79 Å². The topological polar surface area (TPSA) is 48.4 Å². The fourth-order valence-corrected chi connectivity index (χ4v) is 2.97. The van der Waals surface area contributed by atoms with E-state index in [2.05, 4.69) is 4.98 Å². The van der Waals surface area contributed by atoms with Crippen LogP contribution in [0.2, 0.25) is 0 Å². The molecular formula is C19H17NO3S. The number of carbonyl (C=O) groups is 1. The van der Waals surface area contributed by atoms with Crippen LogP contribution in [0.15, 0.2) is 47.8 Å². The van der Waals surface area contributed by atoms with Gasteiger partial charge in [0.25, 0.3) is 0 Å². The van der Waals surface area contributed by atoms with Gasteiger partial charge in [0.05, 0.1) is 7.11 Å². The summed E-state index contributed by atoms with van der Waals surface area (Å²) in [4.78, 5) is 16.6. The Morgan fingerprint density at radius 1 is 1.00 bits per heavy atom. The average molecular weight is 339 g/mol. The number of thiazole rings is 1. The lowest BCUT2D eigenvalue weighted by Crippen LogP contribution is -2.09. The number of ether oxygens (including phenoxy) is 2. The number of aromatic nitrogens is 1. The van der Waals surface area contributed by atoms with Crippen LogP contribution >= 0.6 is 11.3 Å². The number of esters is 1. The monoisotopic (exact) mass is 339 g/mol. The molecule has 0 radical (unpaired) electrons. The Morgan fingerprint density at radius 3 is 2.38 bits per heavy atom. The van der Waals surface area contributed by atoms with E-state index < -0.39 is 5.97 Å². The van der Waals surface area contributed by atoms with Crippen molar-refractivity contribution in [2.45, 2.75) is 13.8 Å². The third kappa shape index (κ3) is 3.46. The first-order chi connectivity index (χ1) is 11.6. The molecule has 0 aliphatic carbocycles. The van der Waals surface area contributed by atoms with E-state index in [0.717, 1.165) is 27.4 Å². The molecule has 0 aliphatic heterocycles. The lowest BCUT2D eigenvalue weighted by atomic mass is 10.1. The third-order valence-electron chi connectivity index (χ3n) is 3.74. The van der Waals surface area contributed by atoms with Crippen LogP contribution in [0.25, 0.3) is 10.6 Å². The van der Waals surface area contributed by atoms with Crippen LogP contribution in [0.1, 0.15) is 21.6 Å². The van der Waals surface area contributed by atoms with Gasteiger partial charge in [-0.2, -0.15) is 0 Å². The molecule has 24 heavy (non-hydrogen) atoms. The standard InChI is InChI=1S/C19H17NO3S/c1-12-4-7-16(10-13(12)2)23-19(21)17-11-24-18(20-17)14-5-8-15(22-3)9-6-14/h4-11H,1-3H3. The molecule has 0 saturated carbocycles. The van der Waals surface area contributed by atoms with Gasteiger partial charge in [-0.25, -0.2) is 9.78 Å². The van der Waals surface area contributed by atoms with Crippen molar-refractivity contribution in [3.8, 4) is 22.1 Å². The van der Waals surface area contributed by atoms with E-state index in [-0.39, 0.29) is 0 Å². The summed E-state index contributed by atoms with van der Waals surface area (Å²) in [5.41, 5.74) is 3.48. The van der Waals surface area contributed by atoms with Crippen LogP contribution in [-0.2, 0) is 0 Å². The van der Waals surface area contributed by atoms with Crippen molar-refractivity contribution in [1.82, 2.24) is 4.98 Å². The third-order valence-corrected chi connectivity index (χ3v) is 4.63. The zero-order valence-corrected chi connectivity index (χ0v) is 14.5. The van der Waals surface area contributed by atoms with Crippen molar-refractivity contribution >= 4 is 17.3 Å². The summed E-state index contributed by atoms with van der Waals surface area (Å²) < 4.78 is 10.5. The molecule has 3 aromatic rings. The van der Waals surface area contributed by atoms with Crippen LogP contribution in [0.4, 0.5) is 0 Å². The van der Waals surface area contributed by atoms with E-state index in [0.29, 0.717) is 11.4 Å².